The van der Waals surface area contributed by atoms with Gasteiger partial charge in [-0.05, 0) is 41.7 Å². The van der Waals surface area contributed by atoms with Crippen molar-refractivity contribution in [1.82, 2.24) is 4.90 Å². The summed E-state index contributed by atoms with van der Waals surface area (Å²) in [5.74, 6) is 0.0167. The Kier molecular flexibility index (Phi) is 4.44. The summed E-state index contributed by atoms with van der Waals surface area (Å²) in [7, 11) is 3.92. The van der Waals surface area contributed by atoms with E-state index in [-0.39, 0.29) is 24.3 Å². The molecular formula is C22H26N2O3. The number of hydrogen-bond acceptors (Lipinski definition) is 4. The van der Waals surface area contributed by atoms with E-state index in [1.54, 1.807) is 4.90 Å². The van der Waals surface area contributed by atoms with Crippen LogP contribution in [0.3, 0.4) is 0 Å². The zero-order valence-corrected chi connectivity index (χ0v) is 15.7. The first-order valence-corrected chi connectivity index (χ1v) is 9.39. The van der Waals surface area contributed by atoms with Crippen LogP contribution in [-0.4, -0.2) is 60.9 Å². The lowest BCUT2D eigenvalue weighted by atomic mass is 9.95. The Balaban J connectivity index is 1.55. The third kappa shape index (κ3) is 2.82. The fourth-order valence-electron chi connectivity index (χ4n) is 4.81. The number of rotatable bonds is 4. The first kappa shape index (κ1) is 18.0. The number of aliphatic hydroxyl groups is 2. The Morgan fingerprint density at radius 3 is 2.41 bits per heavy atom. The number of carbonyl (C=O) groups is 1. The Morgan fingerprint density at radius 1 is 1.15 bits per heavy atom. The molecule has 1 spiro atoms. The van der Waals surface area contributed by atoms with Crippen LogP contribution in [0.1, 0.15) is 21.8 Å². The van der Waals surface area contributed by atoms with Crippen molar-refractivity contribution >= 4 is 11.6 Å². The molecule has 27 heavy (non-hydrogen) atoms. The van der Waals surface area contributed by atoms with E-state index in [9.17, 15) is 15.0 Å². The van der Waals surface area contributed by atoms with Gasteiger partial charge in [-0.25, -0.2) is 0 Å². The fraction of sp³-hybridized carbons (Fsp3) is 0.409. The molecule has 0 unspecified atom stereocenters. The molecule has 4 atom stereocenters. The molecule has 4 rings (SSSR count). The number of aliphatic hydroxyl groups excluding tert-OH is 2. The molecule has 2 aromatic carbocycles. The number of benzene rings is 2. The second kappa shape index (κ2) is 6.66. The van der Waals surface area contributed by atoms with E-state index in [1.807, 2.05) is 73.6 Å². The normalized spacial score (nSPS) is 29.2. The lowest BCUT2D eigenvalue weighted by molar-refractivity contribution is 0.0764. The summed E-state index contributed by atoms with van der Waals surface area (Å²) in [6.45, 7) is 0.817. The largest absolute Gasteiger partial charge is 0.396 e. The number of anilines is 1. The van der Waals surface area contributed by atoms with E-state index in [4.69, 9.17) is 0 Å². The van der Waals surface area contributed by atoms with Gasteiger partial charge in [-0.1, -0.05) is 30.3 Å². The minimum absolute atomic E-state index is 0.0104. The molecule has 2 fully saturated rings. The van der Waals surface area contributed by atoms with Crippen molar-refractivity contribution in [3.63, 3.8) is 0 Å². The Morgan fingerprint density at radius 2 is 1.81 bits per heavy atom. The standard InChI is InChI=1S/C22H26N2O3/c1-23(2)17-10-8-16(9-11-17)21(27)24-12-19(26)22(14-24)18(13-25)20(22)15-6-4-3-5-7-15/h3-11,18-20,25-26H,12-14H2,1-2H3/t18-,19-,20-,22-/m1/s1. The van der Waals surface area contributed by atoms with Crippen LogP contribution < -0.4 is 4.90 Å². The molecule has 1 heterocycles. The van der Waals surface area contributed by atoms with Gasteiger partial charge in [0.15, 0.2) is 0 Å². The molecule has 2 aromatic rings. The van der Waals surface area contributed by atoms with Crippen LogP contribution in [0.5, 0.6) is 0 Å². The first-order valence-electron chi connectivity index (χ1n) is 9.39. The van der Waals surface area contributed by atoms with Gasteiger partial charge in [0.1, 0.15) is 0 Å². The highest BCUT2D eigenvalue weighted by molar-refractivity contribution is 5.95. The third-order valence-corrected chi connectivity index (χ3v) is 6.31. The summed E-state index contributed by atoms with van der Waals surface area (Å²) >= 11 is 0. The molecule has 0 aromatic heterocycles. The Bertz CT molecular complexity index is 821. The zero-order valence-electron chi connectivity index (χ0n) is 15.7. The molecule has 5 heteroatoms. The van der Waals surface area contributed by atoms with Crippen molar-refractivity contribution < 1.29 is 15.0 Å². The van der Waals surface area contributed by atoms with Crippen LogP contribution in [0.4, 0.5) is 5.69 Å². The lowest BCUT2D eigenvalue weighted by Gasteiger charge is -2.18. The molecule has 1 saturated carbocycles. The smallest absolute Gasteiger partial charge is 0.253 e. The van der Waals surface area contributed by atoms with Gasteiger partial charge in [-0.3, -0.25) is 4.79 Å². The maximum atomic E-state index is 13.0. The number of nitrogens with zero attached hydrogens (tertiary/aromatic N) is 2. The number of amides is 1. The Hall–Kier alpha value is -2.37. The quantitative estimate of drug-likeness (QED) is 0.868. The average molecular weight is 366 g/mol. The number of hydrogen-bond donors (Lipinski definition) is 2. The first-order chi connectivity index (χ1) is 13.0. The predicted octanol–water partition coefficient (Wildman–Crippen LogP) is 1.96. The SMILES string of the molecule is CN(C)c1ccc(C(=O)N2C[C@@H](O)[C@@]3(C2)[C@H](CO)[C@H]3c2ccccc2)cc1. The van der Waals surface area contributed by atoms with E-state index in [0.29, 0.717) is 18.7 Å². The van der Waals surface area contributed by atoms with Crippen molar-refractivity contribution in [2.75, 3.05) is 38.7 Å². The van der Waals surface area contributed by atoms with Gasteiger partial charge in [0.05, 0.1) is 6.10 Å². The molecule has 1 saturated heterocycles. The topological polar surface area (TPSA) is 64.0 Å². The van der Waals surface area contributed by atoms with Gasteiger partial charge in [0.25, 0.3) is 5.91 Å². The zero-order chi connectivity index (χ0) is 19.2. The molecule has 2 N–H and O–H groups in total. The van der Waals surface area contributed by atoms with Crippen molar-refractivity contribution in [1.29, 1.82) is 0 Å². The van der Waals surface area contributed by atoms with E-state index in [0.717, 1.165) is 11.3 Å². The third-order valence-electron chi connectivity index (χ3n) is 6.31. The summed E-state index contributed by atoms with van der Waals surface area (Å²) < 4.78 is 0. The van der Waals surface area contributed by atoms with E-state index in [1.165, 1.54) is 0 Å². The highest BCUT2D eigenvalue weighted by Crippen LogP contribution is 2.68. The molecule has 2 aliphatic rings. The van der Waals surface area contributed by atoms with E-state index in [2.05, 4.69) is 0 Å². The van der Waals surface area contributed by atoms with Gasteiger partial charge < -0.3 is 20.0 Å². The fourth-order valence-corrected chi connectivity index (χ4v) is 4.81. The summed E-state index contributed by atoms with van der Waals surface area (Å²) in [5, 5.41) is 20.7. The van der Waals surface area contributed by atoms with Crippen LogP contribution in [0.2, 0.25) is 0 Å². The van der Waals surface area contributed by atoms with Crippen molar-refractivity contribution in [3.8, 4) is 0 Å². The molecule has 0 radical (unpaired) electrons. The summed E-state index contributed by atoms with van der Waals surface area (Å²) in [6.07, 6.45) is -0.621. The van der Waals surface area contributed by atoms with Crippen LogP contribution in [0, 0.1) is 11.3 Å². The Labute approximate surface area is 159 Å². The lowest BCUT2D eigenvalue weighted by Crippen LogP contribution is -2.29. The minimum Gasteiger partial charge on any atom is -0.396 e. The van der Waals surface area contributed by atoms with E-state index < -0.39 is 11.5 Å². The molecule has 1 aliphatic heterocycles. The van der Waals surface area contributed by atoms with Crippen molar-refractivity contribution in [3.05, 3.63) is 65.7 Å². The highest BCUT2D eigenvalue weighted by atomic mass is 16.3. The van der Waals surface area contributed by atoms with Crippen LogP contribution in [0.15, 0.2) is 54.6 Å². The van der Waals surface area contributed by atoms with Gasteiger partial charge in [-0.2, -0.15) is 0 Å². The van der Waals surface area contributed by atoms with Gasteiger partial charge in [-0.15, -0.1) is 0 Å². The van der Waals surface area contributed by atoms with Crippen LogP contribution in [-0.2, 0) is 0 Å². The van der Waals surface area contributed by atoms with Gasteiger partial charge in [0.2, 0.25) is 0 Å². The van der Waals surface area contributed by atoms with E-state index >= 15 is 0 Å². The van der Waals surface area contributed by atoms with Crippen LogP contribution in [0.25, 0.3) is 0 Å². The highest BCUT2D eigenvalue weighted by Gasteiger charge is 2.71. The predicted molar refractivity (Wildman–Crippen MR) is 105 cm³/mol. The molecule has 1 aliphatic carbocycles. The summed E-state index contributed by atoms with van der Waals surface area (Å²) in [6, 6.07) is 17.5. The average Bonchev–Trinajstić information content (AvgIpc) is 3.23. The molecular weight excluding hydrogens is 340 g/mol. The minimum atomic E-state index is -0.621. The number of likely N-dealkylation sites (tertiary alicyclic amines) is 1. The number of carbonyl (C=O) groups excluding carboxylic acids is 1. The second-order valence-corrected chi connectivity index (χ2v) is 7.93. The molecule has 0 bridgehead atoms. The summed E-state index contributed by atoms with van der Waals surface area (Å²) in [5.41, 5.74) is 2.36. The monoisotopic (exact) mass is 366 g/mol. The molecule has 5 nitrogen and oxygen atoms in total. The van der Waals surface area contributed by atoms with Gasteiger partial charge in [0, 0.05) is 50.5 Å². The maximum Gasteiger partial charge on any atom is 0.253 e. The number of β-amino-alcohol motifs (C(OH)–C–C–N with tert-alkyl or cyclic N) is 1. The second-order valence-electron chi connectivity index (χ2n) is 7.93. The van der Waals surface area contributed by atoms with Gasteiger partial charge >= 0.3 is 0 Å². The van der Waals surface area contributed by atoms with Crippen LogP contribution >= 0.6 is 0 Å². The van der Waals surface area contributed by atoms with Crippen molar-refractivity contribution in [2.45, 2.75) is 12.0 Å². The van der Waals surface area contributed by atoms with Crippen molar-refractivity contribution in [2.24, 2.45) is 11.3 Å². The molecule has 142 valence electrons. The summed E-state index contributed by atoms with van der Waals surface area (Å²) in [4.78, 5) is 16.7. The maximum absolute atomic E-state index is 13.0. The molecule has 1 amide bonds.